The zero-order chi connectivity index (χ0) is 13.5. The first-order chi connectivity index (χ1) is 8.13. The van der Waals surface area contributed by atoms with Crippen LogP contribution in [0.2, 0.25) is 0 Å². The summed E-state index contributed by atoms with van der Waals surface area (Å²) in [5.41, 5.74) is 0. The quantitative estimate of drug-likeness (QED) is 0.357. The molecule has 0 unspecified atom stereocenters. The van der Waals surface area contributed by atoms with Gasteiger partial charge in [0, 0.05) is 0 Å². The minimum absolute atomic E-state index is 0. The van der Waals surface area contributed by atoms with E-state index in [1.165, 1.54) is 19.3 Å². The van der Waals surface area contributed by atoms with Gasteiger partial charge in [-0.25, -0.2) is 18.6 Å². The zero-order valence-electron chi connectivity index (χ0n) is 13.4. The van der Waals surface area contributed by atoms with Crippen molar-refractivity contribution in [2.75, 3.05) is 13.1 Å². The molecule has 0 rings (SSSR count). The van der Waals surface area contributed by atoms with Crippen LogP contribution in [0.25, 0.3) is 0 Å². The molecular weight excluding hydrogens is 213 g/mol. The Morgan fingerprint density at radius 2 is 1.72 bits per heavy atom. The van der Waals surface area contributed by atoms with Gasteiger partial charge in [0.05, 0.1) is 0 Å². The average Bonchev–Trinajstić information content (AvgIpc) is 2.31. The van der Waals surface area contributed by atoms with Crippen molar-refractivity contribution in [3.05, 3.63) is 32.4 Å². The second kappa shape index (κ2) is 19.5. The minimum Gasteiger partial charge on any atom is -0.360 e. The van der Waals surface area contributed by atoms with Crippen molar-refractivity contribution in [1.29, 1.82) is 0 Å². The first-order valence-electron chi connectivity index (χ1n) is 6.94. The smallest absolute Gasteiger partial charge is 0.360 e. The zero-order valence-corrected chi connectivity index (χ0v) is 13.4. The van der Waals surface area contributed by atoms with E-state index in [0.29, 0.717) is 6.04 Å². The Kier molecular flexibility index (Phi) is 25.2. The molecule has 0 bridgehead atoms. The van der Waals surface area contributed by atoms with Crippen LogP contribution < -0.4 is 18.9 Å². The number of nitrogens with zero attached hydrogens (tertiary/aromatic N) is 1. The molecule has 0 fully saturated rings. The summed E-state index contributed by atoms with van der Waals surface area (Å²) < 4.78 is 0. The molecule has 0 N–H and O–H groups in total. The maximum Gasteiger partial charge on any atom is 1.00 e. The van der Waals surface area contributed by atoms with Gasteiger partial charge in [-0.2, -0.15) is 0 Å². The molecule has 2 heteroatoms. The van der Waals surface area contributed by atoms with E-state index in [2.05, 4.69) is 65.0 Å². The van der Waals surface area contributed by atoms with Crippen LogP contribution in [0.15, 0.2) is 12.2 Å². The van der Waals surface area contributed by atoms with Crippen molar-refractivity contribution in [3.63, 3.8) is 0 Å². The van der Waals surface area contributed by atoms with Crippen LogP contribution in [0, 0.1) is 20.3 Å². The summed E-state index contributed by atoms with van der Waals surface area (Å²) in [5, 5.41) is 0. The third kappa shape index (κ3) is 18.5. The van der Waals surface area contributed by atoms with Crippen molar-refractivity contribution in [3.8, 4) is 0 Å². The second-order valence-corrected chi connectivity index (χ2v) is 4.34. The molecule has 18 heavy (non-hydrogen) atoms. The van der Waals surface area contributed by atoms with Gasteiger partial charge in [0.15, 0.2) is 0 Å². The third-order valence-corrected chi connectivity index (χ3v) is 2.54. The van der Waals surface area contributed by atoms with Gasteiger partial charge in [-0.15, -0.1) is 25.9 Å². The van der Waals surface area contributed by atoms with Gasteiger partial charge < -0.3 is 18.7 Å². The Labute approximate surface area is 129 Å². The van der Waals surface area contributed by atoms with E-state index in [-0.39, 0.29) is 18.9 Å². The Hall–Kier alpha value is 0.167. The standard InChI is InChI=1S/C9H17.C7H15N.Li/c1-3-5-7-9-8-6-4-2;1-5-8(6-2)7(3)4;/h5,7,9H,3-4,6,8H2,1-2H3;7H,1-2,5-6H2,3-4H3;/q-1;-2;+1/b7-5-;;. The van der Waals surface area contributed by atoms with Crippen molar-refractivity contribution >= 4 is 0 Å². The molecule has 0 atom stereocenters. The molecule has 0 amide bonds. The monoisotopic (exact) mass is 245 g/mol. The summed E-state index contributed by atoms with van der Waals surface area (Å²) in [6.07, 6.45) is 11.6. The first-order valence-corrected chi connectivity index (χ1v) is 6.94. The number of unbranched alkanes of at least 4 members (excludes halogenated alkanes) is 3. The average molecular weight is 245 g/mol. The second-order valence-electron chi connectivity index (χ2n) is 4.34. The maximum atomic E-state index is 3.76. The summed E-state index contributed by atoms with van der Waals surface area (Å²) in [4.78, 5) is 2.19. The van der Waals surface area contributed by atoms with E-state index in [0.717, 1.165) is 19.5 Å². The summed E-state index contributed by atoms with van der Waals surface area (Å²) >= 11 is 0. The Balaban J connectivity index is -0.000000238. The van der Waals surface area contributed by atoms with E-state index < -0.39 is 0 Å². The van der Waals surface area contributed by atoms with Gasteiger partial charge in [0.1, 0.15) is 0 Å². The van der Waals surface area contributed by atoms with E-state index in [4.69, 9.17) is 0 Å². The van der Waals surface area contributed by atoms with Crippen LogP contribution in [-0.2, 0) is 0 Å². The normalized spacial score (nSPS) is 10.2. The summed E-state index contributed by atoms with van der Waals surface area (Å²) in [6.45, 7) is 17.9. The van der Waals surface area contributed by atoms with Crippen LogP contribution in [0.5, 0.6) is 0 Å². The SMILES string of the molecule is CC/C=C\[CH-]CCCC.[CH2-]CN(C[CH2-])C(C)C.[Li+]. The van der Waals surface area contributed by atoms with Crippen LogP contribution >= 0.6 is 0 Å². The van der Waals surface area contributed by atoms with Crippen LogP contribution in [0.4, 0.5) is 0 Å². The molecule has 0 aliphatic carbocycles. The Morgan fingerprint density at radius 3 is 2.00 bits per heavy atom. The van der Waals surface area contributed by atoms with E-state index >= 15 is 0 Å². The fraction of sp³-hybridized carbons (Fsp3) is 0.688. The van der Waals surface area contributed by atoms with Crippen LogP contribution in [0.3, 0.4) is 0 Å². The van der Waals surface area contributed by atoms with Crippen molar-refractivity contribution in [1.82, 2.24) is 4.90 Å². The molecule has 0 aliphatic heterocycles. The van der Waals surface area contributed by atoms with Gasteiger partial charge in [-0.05, 0) is 6.04 Å². The summed E-state index contributed by atoms with van der Waals surface area (Å²) in [7, 11) is 0. The summed E-state index contributed by atoms with van der Waals surface area (Å²) in [6, 6.07) is 0.588. The molecule has 0 saturated carbocycles. The molecular formula is C16H32LiN-2. The van der Waals surface area contributed by atoms with Crippen LogP contribution in [0.1, 0.15) is 53.4 Å². The molecule has 104 valence electrons. The molecule has 0 saturated heterocycles. The van der Waals surface area contributed by atoms with Gasteiger partial charge in [0.2, 0.25) is 0 Å². The predicted octanol–water partition coefficient (Wildman–Crippen LogP) is 1.72. The Morgan fingerprint density at radius 1 is 1.17 bits per heavy atom. The van der Waals surface area contributed by atoms with Gasteiger partial charge >= 0.3 is 18.9 Å². The molecule has 0 spiro atoms. The number of rotatable bonds is 8. The molecule has 0 aromatic rings. The molecule has 0 aromatic carbocycles. The maximum absolute atomic E-state index is 3.76. The van der Waals surface area contributed by atoms with Crippen molar-refractivity contribution < 1.29 is 18.9 Å². The van der Waals surface area contributed by atoms with E-state index in [9.17, 15) is 0 Å². The minimum atomic E-state index is 0. The molecule has 0 heterocycles. The molecule has 0 aromatic heterocycles. The number of hydrogen-bond donors (Lipinski definition) is 0. The molecule has 0 aliphatic rings. The van der Waals surface area contributed by atoms with Crippen molar-refractivity contribution in [2.45, 2.75) is 59.4 Å². The predicted molar refractivity (Wildman–Crippen MR) is 80.7 cm³/mol. The van der Waals surface area contributed by atoms with Gasteiger partial charge in [-0.3, -0.25) is 0 Å². The molecule has 0 radical (unpaired) electrons. The fourth-order valence-corrected chi connectivity index (χ4v) is 1.28. The largest absolute Gasteiger partial charge is 1.00 e. The van der Waals surface area contributed by atoms with Gasteiger partial charge in [0.25, 0.3) is 0 Å². The van der Waals surface area contributed by atoms with E-state index in [1.54, 1.807) is 0 Å². The number of allylic oxidation sites excluding steroid dienone is 2. The Bertz CT molecular complexity index is 151. The number of hydrogen-bond acceptors (Lipinski definition) is 1. The van der Waals surface area contributed by atoms with Crippen LogP contribution in [-0.4, -0.2) is 24.0 Å². The first kappa shape index (κ1) is 23.3. The third-order valence-electron chi connectivity index (χ3n) is 2.54. The molecule has 1 nitrogen and oxygen atoms in total. The summed E-state index contributed by atoms with van der Waals surface area (Å²) in [5.74, 6) is 0. The van der Waals surface area contributed by atoms with Crippen molar-refractivity contribution in [2.24, 2.45) is 0 Å². The fourth-order valence-electron chi connectivity index (χ4n) is 1.28. The topological polar surface area (TPSA) is 3.24 Å². The van der Waals surface area contributed by atoms with E-state index in [1.807, 2.05) is 0 Å². The van der Waals surface area contributed by atoms with Gasteiger partial charge in [-0.1, -0.05) is 40.5 Å².